The summed E-state index contributed by atoms with van der Waals surface area (Å²) in [5.41, 5.74) is 0. The minimum Gasteiger partial charge on any atom is -0.462 e. The third-order valence-corrected chi connectivity index (χ3v) is 12.7. The van der Waals surface area contributed by atoms with Gasteiger partial charge in [-0.25, -0.2) is 0 Å². The third-order valence-electron chi connectivity index (χ3n) is 12.7. The lowest BCUT2D eigenvalue weighted by molar-refractivity contribution is -0.167. The Balaban J connectivity index is 4.31. The quantitative estimate of drug-likeness (QED) is 0.0262. The average molecular weight is 964 g/mol. The standard InChI is InChI=1S/C63H110O6/c1-4-7-10-13-16-19-22-24-26-28-29-30-31-32-33-35-36-38-41-44-47-50-53-56-62(65)68-59-60(58-67-61(64)55-52-49-46-43-40-21-18-15-12-9-6-3)69-63(66)57-54-51-48-45-42-39-37-34-27-25-23-20-17-14-11-8-5-2/h8,11,15,17-18,20,25,27-29,37,39,60H,4-7,9-10,12-14,16,19,21-24,26,30-36,38,40-59H2,1-3H3/b11-8-,18-15-,20-17-,27-25-,29-28-,39-37-. The molecule has 0 aromatic carbocycles. The van der Waals surface area contributed by atoms with Gasteiger partial charge < -0.3 is 14.2 Å². The Morgan fingerprint density at radius 2 is 0.580 bits per heavy atom. The molecule has 0 aliphatic carbocycles. The SMILES string of the molecule is CC/C=C\C/C=C\C/C=C\C/C=C\CCCCCCC(=O)OC(COC(=O)CCCCCCC/C=C\CCCC)COC(=O)CCCCCCCCCCCCC/C=C\CCCCCCCCCC. The Bertz CT molecular complexity index is 1290. The molecular weight excluding hydrogens is 853 g/mol. The number of esters is 3. The van der Waals surface area contributed by atoms with Gasteiger partial charge in [0.1, 0.15) is 13.2 Å². The van der Waals surface area contributed by atoms with Crippen LogP contribution in [-0.2, 0) is 28.6 Å². The summed E-state index contributed by atoms with van der Waals surface area (Å²) in [5.74, 6) is -0.915. The minimum absolute atomic E-state index is 0.0876. The highest BCUT2D eigenvalue weighted by atomic mass is 16.6. The maximum Gasteiger partial charge on any atom is 0.306 e. The first-order valence-corrected chi connectivity index (χ1v) is 29.4. The van der Waals surface area contributed by atoms with Crippen LogP contribution in [0.4, 0.5) is 0 Å². The number of unbranched alkanes of at least 4 members (excludes halogenated alkanes) is 30. The van der Waals surface area contributed by atoms with E-state index in [-0.39, 0.29) is 31.1 Å². The van der Waals surface area contributed by atoms with Crippen molar-refractivity contribution >= 4 is 17.9 Å². The highest BCUT2D eigenvalue weighted by Crippen LogP contribution is 2.16. The van der Waals surface area contributed by atoms with Crippen molar-refractivity contribution in [2.75, 3.05) is 13.2 Å². The Hall–Kier alpha value is -3.15. The van der Waals surface area contributed by atoms with Crippen LogP contribution in [0.1, 0.15) is 290 Å². The van der Waals surface area contributed by atoms with Crippen molar-refractivity contribution in [3.05, 3.63) is 72.9 Å². The molecule has 0 amide bonds. The maximum atomic E-state index is 12.8. The second-order valence-electron chi connectivity index (χ2n) is 19.5. The average Bonchev–Trinajstić information content (AvgIpc) is 3.35. The van der Waals surface area contributed by atoms with Gasteiger partial charge in [-0.3, -0.25) is 14.4 Å². The van der Waals surface area contributed by atoms with Gasteiger partial charge in [0.25, 0.3) is 0 Å². The second kappa shape index (κ2) is 57.4. The molecule has 0 aromatic heterocycles. The molecule has 0 rings (SSSR count). The van der Waals surface area contributed by atoms with Crippen LogP contribution in [-0.4, -0.2) is 37.2 Å². The molecule has 0 N–H and O–H groups in total. The lowest BCUT2D eigenvalue weighted by Gasteiger charge is -2.18. The van der Waals surface area contributed by atoms with E-state index in [4.69, 9.17) is 14.2 Å². The highest BCUT2D eigenvalue weighted by molar-refractivity contribution is 5.71. The second-order valence-corrected chi connectivity index (χ2v) is 19.5. The summed E-state index contributed by atoms with van der Waals surface area (Å²) in [7, 11) is 0. The van der Waals surface area contributed by atoms with Crippen LogP contribution in [0.3, 0.4) is 0 Å². The molecule has 0 bridgehead atoms. The third kappa shape index (κ3) is 55.6. The van der Waals surface area contributed by atoms with Crippen molar-refractivity contribution in [3.63, 3.8) is 0 Å². The monoisotopic (exact) mass is 963 g/mol. The number of hydrogen-bond donors (Lipinski definition) is 0. The molecule has 1 atom stereocenters. The molecule has 1 unspecified atom stereocenters. The van der Waals surface area contributed by atoms with Crippen molar-refractivity contribution in [1.82, 2.24) is 0 Å². The van der Waals surface area contributed by atoms with Crippen molar-refractivity contribution in [2.45, 2.75) is 297 Å². The van der Waals surface area contributed by atoms with Crippen LogP contribution in [0, 0.1) is 0 Å². The molecule has 0 radical (unpaired) electrons. The predicted octanol–water partition coefficient (Wildman–Crippen LogP) is 19.8. The van der Waals surface area contributed by atoms with Crippen molar-refractivity contribution < 1.29 is 28.6 Å². The van der Waals surface area contributed by atoms with Gasteiger partial charge in [-0.2, -0.15) is 0 Å². The normalized spacial score (nSPS) is 12.6. The van der Waals surface area contributed by atoms with Gasteiger partial charge in [0.2, 0.25) is 0 Å². The van der Waals surface area contributed by atoms with Crippen LogP contribution in [0.2, 0.25) is 0 Å². The van der Waals surface area contributed by atoms with Gasteiger partial charge >= 0.3 is 17.9 Å². The fraction of sp³-hybridized carbons (Fsp3) is 0.762. The van der Waals surface area contributed by atoms with E-state index in [1.54, 1.807) is 0 Å². The summed E-state index contributed by atoms with van der Waals surface area (Å²) in [4.78, 5) is 38.1. The van der Waals surface area contributed by atoms with Crippen molar-refractivity contribution in [1.29, 1.82) is 0 Å². The number of allylic oxidation sites excluding steroid dienone is 12. The lowest BCUT2D eigenvalue weighted by Crippen LogP contribution is -2.30. The van der Waals surface area contributed by atoms with Crippen molar-refractivity contribution in [3.8, 4) is 0 Å². The fourth-order valence-electron chi connectivity index (χ4n) is 8.23. The van der Waals surface area contributed by atoms with E-state index in [0.29, 0.717) is 19.3 Å². The molecular formula is C63H110O6. The number of carbonyl (C=O) groups excluding carboxylic acids is 3. The maximum absolute atomic E-state index is 12.8. The van der Waals surface area contributed by atoms with Crippen LogP contribution in [0.5, 0.6) is 0 Å². The minimum atomic E-state index is -0.792. The lowest BCUT2D eigenvalue weighted by atomic mass is 10.0. The molecule has 0 heterocycles. The van der Waals surface area contributed by atoms with Gasteiger partial charge in [-0.05, 0) is 103 Å². The summed E-state index contributed by atoms with van der Waals surface area (Å²) in [5, 5.41) is 0. The number of rotatable bonds is 53. The smallest absolute Gasteiger partial charge is 0.306 e. The van der Waals surface area contributed by atoms with E-state index in [1.165, 1.54) is 148 Å². The van der Waals surface area contributed by atoms with E-state index in [0.717, 1.165) is 103 Å². The van der Waals surface area contributed by atoms with Gasteiger partial charge in [-0.1, -0.05) is 241 Å². The molecule has 0 aromatic rings. The van der Waals surface area contributed by atoms with Crippen LogP contribution in [0.25, 0.3) is 0 Å². The molecule has 6 heteroatoms. The largest absolute Gasteiger partial charge is 0.462 e. The van der Waals surface area contributed by atoms with E-state index in [2.05, 4.69) is 93.7 Å². The zero-order chi connectivity index (χ0) is 50.0. The zero-order valence-corrected chi connectivity index (χ0v) is 45.6. The number of carbonyl (C=O) groups is 3. The Morgan fingerprint density at radius 1 is 0.304 bits per heavy atom. The summed E-state index contributed by atoms with van der Waals surface area (Å²) in [6.07, 6.45) is 73.3. The molecule has 0 saturated heterocycles. The molecule has 0 saturated carbocycles. The summed E-state index contributed by atoms with van der Waals surface area (Å²) < 4.78 is 16.8. The van der Waals surface area contributed by atoms with Gasteiger partial charge in [0, 0.05) is 19.3 Å². The molecule has 0 spiro atoms. The van der Waals surface area contributed by atoms with Crippen LogP contribution < -0.4 is 0 Å². The number of ether oxygens (including phenoxy) is 3. The van der Waals surface area contributed by atoms with Crippen LogP contribution >= 0.6 is 0 Å². The van der Waals surface area contributed by atoms with Crippen molar-refractivity contribution in [2.24, 2.45) is 0 Å². The Morgan fingerprint density at radius 3 is 0.942 bits per heavy atom. The van der Waals surface area contributed by atoms with Gasteiger partial charge in [0.15, 0.2) is 6.10 Å². The van der Waals surface area contributed by atoms with Gasteiger partial charge in [-0.15, -0.1) is 0 Å². The zero-order valence-electron chi connectivity index (χ0n) is 45.6. The molecule has 0 aliphatic rings. The molecule has 0 aliphatic heterocycles. The molecule has 6 nitrogen and oxygen atoms in total. The Labute approximate surface area is 427 Å². The molecule has 398 valence electrons. The first kappa shape index (κ1) is 65.8. The first-order valence-electron chi connectivity index (χ1n) is 29.4. The molecule has 0 fully saturated rings. The first-order chi connectivity index (χ1) is 34.0. The fourth-order valence-corrected chi connectivity index (χ4v) is 8.23. The molecule has 69 heavy (non-hydrogen) atoms. The summed E-state index contributed by atoms with van der Waals surface area (Å²) in [6.45, 7) is 6.48. The highest BCUT2D eigenvalue weighted by Gasteiger charge is 2.19. The van der Waals surface area contributed by atoms with Crippen LogP contribution in [0.15, 0.2) is 72.9 Å². The van der Waals surface area contributed by atoms with E-state index in [1.807, 2.05) is 0 Å². The summed E-state index contributed by atoms with van der Waals surface area (Å²) >= 11 is 0. The Kier molecular flexibility index (Phi) is 54.8. The number of hydrogen-bond acceptors (Lipinski definition) is 6. The van der Waals surface area contributed by atoms with Gasteiger partial charge in [0.05, 0.1) is 0 Å². The van der Waals surface area contributed by atoms with E-state index in [9.17, 15) is 14.4 Å². The summed E-state index contributed by atoms with van der Waals surface area (Å²) in [6, 6.07) is 0. The predicted molar refractivity (Wildman–Crippen MR) is 298 cm³/mol. The van der Waals surface area contributed by atoms with E-state index >= 15 is 0 Å². The van der Waals surface area contributed by atoms with E-state index < -0.39 is 6.10 Å². The topological polar surface area (TPSA) is 78.9 Å².